The number of benzene rings is 1. The average molecular weight is 343 g/mol. The van der Waals surface area contributed by atoms with Gasteiger partial charge in [0.05, 0.1) is 34.5 Å². The van der Waals surface area contributed by atoms with Crippen LogP contribution in [0.25, 0.3) is 5.69 Å². The fourth-order valence-electron chi connectivity index (χ4n) is 2.37. The number of primary amides is 1. The van der Waals surface area contributed by atoms with Crippen LogP contribution in [0.2, 0.25) is 0 Å². The van der Waals surface area contributed by atoms with Crippen molar-refractivity contribution in [3.8, 4) is 11.8 Å². The molecular weight excluding hydrogens is 330 g/mol. The van der Waals surface area contributed by atoms with E-state index in [2.05, 4.69) is 4.74 Å². The fraction of sp³-hybridized carbons (Fsp3) is 0.133. The van der Waals surface area contributed by atoms with Gasteiger partial charge in [-0.15, -0.1) is 0 Å². The van der Waals surface area contributed by atoms with Crippen LogP contribution in [-0.2, 0) is 4.74 Å². The molecule has 0 saturated carbocycles. The number of amides is 1. The van der Waals surface area contributed by atoms with Gasteiger partial charge in [-0.3, -0.25) is 14.9 Å². The minimum absolute atomic E-state index is 0.0214. The highest BCUT2D eigenvalue weighted by Crippen LogP contribution is 2.31. The third-order valence-corrected chi connectivity index (χ3v) is 3.64. The number of esters is 1. The van der Waals surface area contributed by atoms with Crippen LogP contribution in [-0.4, -0.2) is 28.5 Å². The molecule has 2 aromatic rings. The van der Waals surface area contributed by atoms with Gasteiger partial charge in [0.25, 0.3) is 5.69 Å². The maximum absolute atomic E-state index is 12.0. The molecule has 4 N–H and O–H groups in total. The minimum Gasteiger partial charge on any atom is -0.464 e. The Bertz CT molecular complexity index is 954. The van der Waals surface area contributed by atoms with Crippen LogP contribution in [0.15, 0.2) is 18.3 Å². The Labute approximate surface area is 141 Å². The average Bonchev–Trinajstić information content (AvgIpc) is 2.90. The molecule has 0 aliphatic rings. The molecule has 1 amide bonds. The van der Waals surface area contributed by atoms with Crippen molar-refractivity contribution in [2.45, 2.75) is 6.92 Å². The smallest absolute Gasteiger partial charge is 0.357 e. The van der Waals surface area contributed by atoms with Crippen molar-refractivity contribution in [1.29, 1.82) is 5.26 Å². The van der Waals surface area contributed by atoms with Crippen molar-refractivity contribution in [3.05, 3.63) is 50.8 Å². The molecule has 0 aliphatic carbocycles. The molecule has 0 saturated heterocycles. The van der Waals surface area contributed by atoms with Gasteiger partial charge in [0, 0.05) is 17.8 Å². The Morgan fingerprint density at radius 1 is 1.40 bits per heavy atom. The van der Waals surface area contributed by atoms with Crippen molar-refractivity contribution >= 4 is 23.3 Å². The highest BCUT2D eigenvalue weighted by atomic mass is 16.6. The van der Waals surface area contributed by atoms with Gasteiger partial charge in [-0.25, -0.2) is 4.79 Å². The number of nitrogen functional groups attached to an aromatic ring is 1. The van der Waals surface area contributed by atoms with E-state index < -0.39 is 16.8 Å². The summed E-state index contributed by atoms with van der Waals surface area (Å²) in [5, 5.41) is 20.4. The number of methoxy groups -OCH3 is 1. The monoisotopic (exact) mass is 343 g/mol. The lowest BCUT2D eigenvalue weighted by molar-refractivity contribution is -0.385. The molecule has 0 radical (unpaired) electrons. The van der Waals surface area contributed by atoms with Crippen LogP contribution in [0.3, 0.4) is 0 Å². The highest BCUT2D eigenvalue weighted by Gasteiger charge is 2.26. The number of nitrogens with two attached hydrogens (primary N) is 2. The van der Waals surface area contributed by atoms with Gasteiger partial charge in [-0.1, -0.05) is 0 Å². The molecule has 10 heteroatoms. The number of nitriles is 1. The third kappa shape index (κ3) is 2.86. The van der Waals surface area contributed by atoms with Gasteiger partial charge in [-0.05, 0) is 13.0 Å². The number of carbonyl (C=O) groups is 2. The fourth-order valence-corrected chi connectivity index (χ4v) is 2.37. The van der Waals surface area contributed by atoms with Crippen LogP contribution in [0.1, 0.15) is 32.0 Å². The SMILES string of the molecule is COC(=O)c1c(N)c(C#N)cn1-c1cc(C(N)=O)cc([N+](=O)[O-])c1C. The molecule has 2 rings (SSSR count). The standard InChI is InChI=1S/C15H13N5O5/c1-7-10(3-8(14(18)21)4-11(7)20(23)24)19-6-9(5-16)12(17)13(19)15(22)25-2/h3-4,6H,17H2,1-2H3,(H2,18,21). The van der Waals surface area contributed by atoms with Gasteiger partial charge in [0.1, 0.15) is 6.07 Å². The number of carbonyl (C=O) groups excluding carboxylic acids is 2. The zero-order chi connectivity index (χ0) is 18.9. The van der Waals surface area contributed by atoms with E-state index in [9.17, 15) is 19.7 Å². The first-order valence-electron chi connectivity index (χ1n) is 6.81. The van der Waals surface area contributed by atoms with Gasteiger partial charge in [0.15, 0.2) is 5.69 Å². The minimum atomic E-state index is -0.885. The molecule has 0 unspecified atom stereocenters. The summed E-state index contributed by atoms with van der Waals surface area (Å²) in [6, 6.07) is 4.13. The van der Waals surface area contributed by atoms with E-state index in [4.69, 9.17) is 16.7 Å². The van der Waals surface area contributed by atoms with Gasteiger partial charge >= 0.3 is 5.97 Å². The number of rotatable bonds is 4. The zero-order valence-electron chi connectivity index (χ0n) is 13.3. The number of anilines is 1. The van der Waals surface area contributed by atoms with E-state index in [-0.39, 0.29) is 39.4 Å². The van der Waals surface area contributed by atoms with Crippen molar-refractivity contribution < 1.29 is 19.2 Å². The number of nitro benzene ring substituents is 1. The number of ether oxygens (including phenoxy) is 1. The summed E-state index contributed by atoms with van der Waals surface area (Å²) in [7, 11) is 1.13. The van der Waals surface area contributed by atoms with Gasteiger partial charge < -0.3 is 20.8 Å². The molecular formula is C15H13N5O5. The second-order valence-electron chi connectivity index (χ2n) is 5.04. The summed E-state index contributed by atoms with van der Waals surface area (Å²) in [5.74, 6) is -1.73. The topological polar surface area (TPSA) is 167 Å². The van der Waals surface area contributed by atoms with Crippen molar-refractivity contribution in [2.75, 3.05) is 12.8 Å². The molecule has 0 aliphatic heterocycles. The van der Waals surface area contributed by atoms with E-state index in [0.717, 1.165) is 13.2 Å². The van der Waals surface area contributed by atoms with E-state index in [1.54, 1.807) is 0 Å². The van der Waals surface area contributed by atoms with Crippen molar-refractivity contribution in [2.24, 2.45) is 5.73 Å². The Morgan fingerprint density at radius 2 is 2.04 bits per heavy atom. The second-order valence-corrected chi connectivity index (χ2v) is 5.04. The lowest BCUT2D eigenvalue weighted by Gasteiger charge is -2.12. The van der Waals surface area contributed by atoms with Gasteiger partial charge in [-0.2, -0.15) is 5.26 Å². The predicted molar refractivity (Wildman–Crippen MR) is 86.1 cm³/mol. The molecule has 1 heterocycles. The first-order valence-corrected chi connectivity index (χ1v) is 6.81. The summed E-state index contributed by atoms with van der Waals surface area (Å²) in [4.78, 5) is 34.1. The molecule has 0 atom stereocenters. The lowest BCUT2D eigenvalue weighted by Crippen LogP contribution is -2.15. The van der Waals surface area contributed by atoms with Crippen LogP contribution >= 0.6 is 0 Å². The molecule has 0 spiro atoms. The Kier molecular flexibility index (Phi) is 4.42. The summed E-state index contributed by atoms with van der Waals surface area (Å²) >= 11 is 0. The normalized spacial score (nSPS) is 10.1. The number of hydrogen-bond acceptors (Lipinski definition) is 7. The van der Waals surface area contributed by atoms with Crippen LogP contribution in [0.4, 0.5) is 11.4 Å². The van der Waals surface area contributed by atoms with Crippen LogP contribution in [0.5, 0.6) is 0 Å². The quantitative estimate of drug-likeness (QED) is 0.474. The van der Waals surface area contributed by atoms with E-state index in [1.807, 2.05) is 6.07 Å². The maximum Gasteiger partial charge on any atom is 0.357 e. The van der Waals surface area contributed by atoms with E-state index >= 15 is 0 Å². The lowest BCUT2D eigenvalue weighted by atomic mass is 10.1. The van der Waals surface area contributed by atoms with Gasteiger partial charge in [0.2, 0.25) is 5.91 Å². The molecule has 128 valence electrons. The summed E-state index contributed by atoms with van der Waals surface area (Å²) in [6.45, 7) is 1.43. The number of nitrogens with zero attached hydrogens (tertiary/aromatic N) is 3. The van der Waals surface area contributed by atoms with Crippen LogP contribution < -0.4 is 11.5 Å². The zero-order valence-corrected chi connectivity index (χ0v) is 13.3. The highest BCUT2D eigenvalue weighted by molar-refractivity contribution is 5.97. The first kappa shape index (κ1) is 17.5. The summed E-state index contributed by atoms with van der Waals surface area (Å²) in [6.07, 6.45) is 1.23. The Hall–Kier alpha value is -3.87. The molecule has 0 bridgehead atoms. The third-order valence-electron chi connectivity index (χ3n) is 3.64. The number of hydrogen-bond donors (Lipinski definition) is 2. The van der Waals surface area contributed by atoms with Crippen molar-refractivity contribution in [3.63, 3.8) is 0 Å². The molecule has 1 aromatic carbocycles. The Balaban J connectivity index is 2.91. The predicted octanol–water partition coefficient (Wildman–Crippen LogP) is 1.03. The van der Waals surface area contributed by atoms with E-state index in [1.165, 1.54) is 23.8 Å². The molecule has 1 aromatic heterocycles. The summed E-state index contributed by atoms with van der Waals surface area (Å²) in [5.41, 5.74) is 10.5. The molecule has 0 fully saturated rings. The maximum atomic E-state index is 12.0. The van der Waals surface area contributed by atoms with E-state index in [0.29, 0.717) is 0 Å². The molecule has 25 heavy (non-hydrogen) atoms. The van der Waals surface area contributed by atoms with Crippen LogP contribution in [0, 0.1) is 28.4 Å². The Morgan fingerprint density at radius 3 is 2.52 bits per heavy atom. The summed E-state index contributed by atoms with van der Waals surface area (Å²) < 4.78 is 5.83. The number of nitro groups is 1. The number of aromatic nitrogens is 1. The second kappa shape index (κ2) is 6.32. The molecule has 10 nitrogen and oxygen atoms in total. The van der Waals surface area contributed by atoms with Crippen molar-refractivity contribution in [1.82, 2.24) is 4.57 Å². The first-order chi connectivity index (χ1) is 11.7. The largest absolute Gasteiger partial charge is 0.464 e.